The van der Waals surface area contributed by atoms with Crippen molar-refractivity contribution in [1.82, 2.24) is 5.32 Å². The highest BCUT2D eigenvalue weighted by molar-refractivity contribution is 6.33. The second kappa shape index (κ2) is 5.98. The fourth-order valence-corrected chi connectivity index (χ4v) is 2.07. The molecule has 0 atom stereocenters. The number of hydrogen-bond donors (Lipinski definition) is 1. The number of hydrogen-bond acceptors (Lipinski definition) is 1. The molecule has 0 saturated heterocycles. The van der Waals surface area contributed by atoms with E-state index in [1.54, 1.807) is 18.2 Å². The lowest BCUT2D eigenvalue weighted by Crippen LogP contribution is -2.11. The molecular formula is C15H15ClFN. The molecule has 1 N–H and O–H groups in total. The van der Waals surface area contributed by atoms with Crippen LogP contribution < -0.4 is 5.32 Å². The van der Waals surface area contributed by atoms with Crippen molar-refractivity contribution in [1.29, 1.82) is 0 Å². The third-order valence-electron chi connectivity index (χ3n) is 2.78. The Morgan fingerprint density at radius 2 is 1.89 bits per heavy atom. The Morgan fingerprint density at radius 3 is 2.56 bits per heavy atom. The lowest BCUT2D eigenvalue weighted by molar-refractivity contribution is 0.625. The molecule has 0 aromatic heterocycles. The molecule has 1 nitrogen and oxygen atoms in total. The molecule has 0 amide bonds. The molecule has 0 bridgehead atoms. The summed E-state index contributed by atoms with van der Waals surface area (Å²) < 4.78 is 14.1. The van der Waals surface area contributed by atoms with Crippen molar-refractivity contribution in [3.8, 4) is 11.1 Å². The first-order chi connectivity index (χ1) is 8.72. The summed E-state index contributed by atoms with van der Waals surface area (Å²) in [6.45, 7) is 3.57. The molecule has 18 heavy (non-hydrogen) atoms. The van der Waals surface area contributed by atoms with Crippen molar-refractivity contribution >= 4 is 11.6 Å². The molecule has 2 aromatic rings. The van der Waals surface area contributed by atoms with Crippen molar-refractivity contribution in [2.24, 2.45) is 0 Å². The average molecular weight is 264 g/mol. The Balaban J connectivity index is 2.33. The summed E-state index contributed by atoms with van der Waals surface area (Å²) in [6, 6.07) is 12.5. The minimum absolute atomic E-state index is 0.237. The average Bonchev–Trinajstić information content (AvgIpc) is 2.38. The predicted molar refractivity (Wildman–Crippen MR) is 74.2 cm³/mol. The lowest BCUT2D eigenvalue weighted by atomic mass is 10.0. The van der Waals surface area contributed by atoms with E-state index in [0.717, 1.165) is 17.7 Å². The Hall–Kier alpha value is -1.38. The SMILES string of the molecule is CCNCc1ccc(-c2ccccc2Cl)c(F)c1. The van der Waals surface area contributed by atoms with Crippen molar-refractivity contribution in [3.05, 3.63) is 58.9 Å². The lowest BCUT2D eigenvalue weighted by Gasteiger charge is -2.08. The van der Waals surface area contributed by atoms with Gasteiger partial charge >= 0.3 is 0 Å². The number of benzene rings is 2. The van der Waals surface area contributed by atoms with Gasteiger partial charge in [-0.1, -0.05) is 48.9 Å². The van der Waals surface area contributed by atoms with Crippen LogP contribution in [0, 0.1) is 5.82 Å². The summed E-state index contributed by atoms with van der Waals surface area (Å²) in [5.41, 5.74) is 2.21. The van der Waals surface area contributed by atoms with Gasteiger partial charge in [0, 0.05) is 22.7 Å². The van der Waals surface area contributed by atoms with Crippen LogP contribution in [0.1, 0.15) is 12.5 Å². The molecule has 2 aromatic carbocycles. The van der Waals surface area contributed by atoms with Gasteiger partial charge in [-0.25, -0.2) is 4.39 Å². The van der Waals surface area contributed by atoms with Gasteiger partial charge in [-0.15, -0.1) is 0 Å². The van der Waals surface area contributed by atoms with E-state index in [2.05, 4.69) is 5.32 Å². The van der Waals surface area contributed by atoms with E-state index in [9.17, 15) is 4.39 Å². The Labute approximate surface area is 112 Å². The second-order valence-corrected chi connectivity index (χ2v) is 4.48. The summed E-state index contributed by atoms with van der Waals surface area (Å²) in [5.74, 6) is -0.237. The molecule has 0 fully saturated rings. The Bertz CT molecular complexity index is 540. The van der Waals surface area contributed by atoms with Crippen LogP contribution in [-0.2, 0) is 6.54 Å². The number of nitrogens with one attached hydrogen (secondary N) is 1. The molecule has 0 saturated carbocycles. The summed E-state index contributed by atoms with van der Waals surface area (Å²) in [6.07, 6.45) is 0. The fraction of sp³-hybridized carbons (Fsp3) is 0.200. The Morgan fingerprint density at radius 1 is 1.11 bits per heavy atom. The van der Waals surface area contributed by atoms with E-state index in [0.29, 0.717) is 17.1 Å². The zero-order chi connectivity index (χ0) is 13.0. The largest absolute Gasteiger partial charge is 0.313 e. The maximum Gasteiger partial charge on any atom is 0.131 e. The van der Waals surface area contributed by atoms with Crippen molar-refractivity contribution < 1.29 is 4.39 Å². The highest BCUT2D eigenvalue weighted by Gasteiger charge is 2.08. The fourth-order valence-electron chi connectivity index (χ4n) is 1.84. The normalized spacial score (nSPS) is 10.6. The molecule has 0 aliphatic heterocycles. The molecule has 0 heterocycles. The molecule has 94 valence electrons. The first-order valence-corrected chi connectivity index (χ1v) is 6.34. The third-order valence-corrected chi connectivity index (χ3v) is 3.11. The van der Waals surface area contributed by atoms with Gasteiger partial charge in [-0.2, -0.15) is 0 Å². The summed E-state index contributed by atoms with van der Waals surface area (Å²) >= 11 is 6.08. The smallest absolute Gasteiger partial charge is 0.131 e. The molecular weight excluding hydrogens is 249 g/mol. The standard InChI is InChI=1S/C15H15ClFN/c1-2-18-10-11-7-8-13(15(17)9-11)12-5-3-4-6-14(12)16/h3-9,18H,2,10H2,1H3. The van der Waals surface area contributed by atoms with Crippen molar-refractivity contribution in [2.75, 3.05) is 6.54 Å². The second-order valence-electron chi connectivity index (χ2n) is 4.07. The van der Waals surface area contributed by atoms with Crippen molar-refractivity contribution in [3.63, 3.8) is 0 Å². The van der Waals surface area contributed by atoms with E-state index in [4.69, 9.17) is 11.6 Å². The van der Waals surface area contributed by atoms with Gasteiger partial charge < -0.3 is 5.32 Å². The summed E-state index contributed by atoms with van der Waals surface area (Å²) in [5, 5.41) is 3.74. The van der Waals surface area contributed by atoms with Crippen LogP contribution in [0.15, 0.2) is 42.5 Å². The molecule has 0 aliphatic carbocycles. The minimum Gasteiger partial charge on any atom is -0.313 e. The number of halogens is 2. The van der Waals surface area contributed by atoms with Gasteiger partial charge in [-0.3, -0.25) is 0 Å². The number of rotatable bonds is 4. The molecule has 0 unspecified atom stereocenters. The molecule has 2 rings (SSSR count). The first kappa shape index (κ1) is 13.1. The van der Waals surface area contributed by atoms with E-state index in [1.165, 1.54) is 0 Å². The van der Waals surface area contributed by atoms with Crippen LogP contribution in [0.4, 0.5) is 4.39 Å². The van der Waals surface area contributed by atoms with Gasteiger partial charge in [0.15, 0.2) is 0 Å². The summed E-state index contributed by atoms with van der Waals surface area (Å²) in [7, 11) is 0. The minimum atomic E-state index is -0.237. The van der Waals surface area contributed by atoms with Crippen molar-refractivity contribution in [2.45, 2.75) is 13.5 Å². The summed E-state index contributed by atoms with van der Waals surface area (Å²) in [4.78, 5) is 0. The molecule has 3 heteroatoms. The zero-order valence-electron chi connectivity index (χ0n) is 10.2. The highest BCUT2D eigenvalue weighted by Crippen LogP contribution is 2.29. The van der Waals surface area contributed by atoms with Crippen LogP contribution in [0.5, 0.6) is 0 Å². The van der Waals surface area contributed by atoms with Crippen LogP contribution in [0.25, 0.3) is 11.1 Å². The van der Waals surface area contributed by atoms with E-state index in [1.807, 2.05) is 31.2 Å². The molecule has 0 spiro atoms. The topological polar surface area (TPSA) is 12.0 Å². The van der Waals surface area contributed by atoms with Gasteiger partial charge in [-0.05, 0) is 24.2 Å². The van der Waals surface area contributed by atoms with Gasteiger partial charge in [0.1, 0.15) is 5.82 Å². The zero-order valence-corrected chi connectivity index (χ0v) is 11.0. The van der Waals surface area contributed by atoms with Gasteiger partial charge in [0.25, 0.3) is 0 Å². The van der Waals surface area contributed by atoms with Crippen LogP contribution >= 0.6 is 11.6 Å². The van der Waals surface area contributed by atoms with Gasteiger partial charge in [0.05, 0.1) is 0 Å². The first-order valence-electron chi connectivity index (χ1n) is 5.96. The maximum absolute atomic E-state index is 14.1. The van der Waals surface area contributed by atoms with E-state index >= 15 is 0 Å². The maximum atomic E-state index is 14.1. The Kier molecular flexibility index (Phi) is 4.34. The monoisotopic (exact) mass is 263 g/mol. The molecule has 0 radical (unpaired) electrons. The highest BCUT2D eigenvalue weighted by atomic mass is 35.5. The third kappa shape index (κ3) is 2.89. The van der Waals surface area contributed by atoms with Crippen LogP contribution in [-0.4, -0.2) is 6.54 Å². The van der Waals surface area contributed by atoms with E-state index < -0.39 is 0 Å². The van der Waals surface area contributed by atoms with Gasteiger partial charge in [0.2, 0.25) is 0 Å². The predicted octanol–water partition coefficient (Wildman–Crippen LogP) is 4.26. The van der Waals surface area contributed by atoms with Crippen LogP contribution in [0.3, 0.4) is 0 Å². The van der Waals surface area contributed by atoms with Crippen LogP contribution in [0.2, 0.25) is 5.02 Å². The molecule has 0 aliphatic rings. The quantitative estimate of drug-likeness (QED) is 0.869. The van der Waals surface area contributed by atoms with E-state index in [-0.39, 0.29) is 5.82 Å².